The van der Waals surface area contributed by atoms with Crippen LogP contribution in [-0.2, 0) is 10.0 Å². The van der Waals surface area contributed by atoms with E-state index >= 15 is 0 Å². The fourth-order valence-electron chi connectivity index (χ4n) is 2.83. The number of hydrogen-bond donors (Lipinski definition) is 1. The van der Waals surface area contributed by atoms with Crippen LogP contribution in [0.5, 0.6) is 0 Å². The second kappa shape index (κ2) is 7.00. The van der Waals surface area contributed by atoms with Gasteiger partial charge in [0.25, 0.3) is 5.69 Å². The minimum Gasteiger partial charge on any atom is -0.350 e. The lowest BCUT2D eigenvalue weighted by molar-refractivity contribution is -0.384. The van der Waals surface area contributed by atoms with Gasteiger partial charge in [0.1, 0.15) is 11.5 Å². The van der Waals surface area contributed by atoms with Gasteiger partial charge in [0, 0.05) is 24.8 Å². The van der Waals surface area contributed by atoms with E-state index in [0.717, 1.165) is 18.9 Å². The molecule has 2 aromatic carbocycles. The summed E-state index contributed by atoms with van der Waals surface area (Å²) < 4.78 is 40.2. The summed E-state index contributed by atoms with van der Waals surface area (Å²) in [5.74, 6) is -0.439. The van der Waals surface area contributed by atoms with E-state index in [-0.39, 0.29) is 16.3 Å². The van der Waals surface area contributed by atoms with Gasteiger partial charge in [-0.15, -0.1) is 0 Å². The third-order valence-corrected chi connectivity index (χ3v) is 6.21. The third kappa shape index (κ3) is 3.54. The van der Waals surface area contributed by atoms with E-state index in [9.17, 15) is 22.9 Å². The molecule has 3 rings (SSSR count). The zero-order valence-corrected chi connectivity index (χ0v) is 14.9. The summed E-state index contributed by atoms with van der Waals surface area (Å²) in [6.07, 6.45) is 1.56. The first kappa shape index (κ1) is 18.3. The zero-order valence-electron chi connectivity index (χ0n) is 14.1. The number of benzene rings is 2. The second-order valence-electron chi connectivity index (χ2n) is 6.14. The highest BCUT2D eigenvalue weighted by Crippen LogP contribution is 2.32. The monoisotopic (exact) mass is 379 g/mol. The van der Waals surface area contributed by atoms with Crippen LogP contribution in [0, 0.1) is 22.9 Å². The van der Waals surface area contributed by atoms with E-state index in [1.807, 2.05) is 0 Å². The highest BCUT2D eigenvalue weighted by molar-refractivity contribution is 7.89. The summed E-state index contributed by atoms with van der Waals surface area (Å²) in [4.78, 5) is 10.6. The van der Waals surface area contributed by atoms with E-state index < -0.39 is 20.8 Å². The maximum absolute atomic E-state index is 13.7. The molecule has 0 atom stereocenters. The molecular formula is C17H18FN3O4S. The first-order chi connectivity index (χ1) is 12.3. The molecule has 0 aliphatic carbocycles. The predicted octanol–water partition coefficient (Wildman–Crippen LogP) is 3.57. The molecule has 0 unspecified atom stereocenters. The number of nitrogens with zero attached hydrogens (tertiary/aromatic N) is 2. The number of sulfonamides is 1. The molecular weight excluding hydrogens is 361 g/mol. The second-order valence-corrected chi connectivity index (χ2v) is 8.07. The molecule has 1 aliphatic rings. The van der Waals surface area contributed by atoms with Gasteiger partial charge in [-0.3, -0.25) is 10.1 Å². The molecule has 1 saturated heterocycles. The zero-order chi connectivity index (χ0) is 18.9. The van der Waals surface area contributed by atoms with Gasteiger partial charge in [-0.2, -0.15) is 4.31 Å². The number of rotatable bonds is 5. The van der Waals surface area contributed by atoms with Crippen molar-refractivity contribution in [3.63, 3.8) is 0 Å². The topological polar surface area (TPSA) is 92.6 Å². The summed E-state index contributed by atoms with van der Waals surface area (Å²) in [5.41, 5.74) is 0.508. The largest absolute Gasteiger partial charge is 0.350 e. The van der Waals surface area contributed by atoms with Crippen molar-refractivity contribution in [2.45, 2.75) is 24.7 Å². The molecule has 0 radical (unpaired) electrons. The highest BCUT2D eigenvalue weighted by atomic mass is 32.2. The van der Waals surface area contributed by atoms with Gasteiger partial charge in [-0.1, -0.05) is 6.07 Å². The molecule has 2 aromatic rings. The van der Waals surface area contributed by atoms with Crippen molar-refractivity contribution in [3.8, 4) is 0 Å². The Labute approximate surface area is 150 Å². The van der Waals surface area contributed by atoms with Gasteiger partial charge in [0.15, 0.2) is 0 Å². The Balaban J connectivity index is 1.97. The van der Waals surface area contributed by atoms with Gasteiger partial charge in [0.05, 0.1) is 9.82 Å². The average molecular weight is 379 g/mol. The van der Waals surface area contributed by atoms with Crippen molar-refractivity contribution >= 4 is 27.1 Å². The number of nitrogens with one attached hydrogen (secondary N) is 1. The first-order valence-electron chi connectivity index (χ1n) is 8.11. The van der Waals surface area contributed by atoms with Crippen LogP contribution in [-0.4, -0.2) is 30.7 Å². The summed E-state index contributed by atoms with van der Waals surface area (Å²) in [7, 11) is -3.76. The maximum atomic E-state index is 13.7. The molecule has 1 heterocycles. The maximum Gasteiger partial charge on any atom is 0.294 e. The highest BCUT2D eigenvalue weighted by Gasteiger charge is 2.29. The molecule has 9 heteroatoms. The lowest BCUT2D eigenvalue weighted by atomic mass is 10.2. The van der Waals surface area contributed by atoms with Crippen LogP contribution in [0.4, 0.5) is 21.5 Å². The van der Waals surface area contributed by atoms with Crippen molar-refractivity contribution < 1.29 is 17.7 Å². The molecule has 7 nitrogen and oxygen atoms in total. The van der Waals surface area contributed by atoms with Crippen molar-refractivity contribution in [2.24, 2.45) is 0 Å². The Morgan fingerprint density at radius 3 is 2.46 bits per heavy atom. The minimum atomic E-state index is -3.76. The van der Waals surface area contributed by atoms with Gasteiger partial charge >= 0.3 is 0 Å². The first-order valence-corrected chi connectivity index (χ1v) is 9.55. The van der Waals surface area contributed by atoms with Crippen LogP contribution in [0.15, 0.2) is 41.3 Å². The van der Waals surface area contributed by atoms with E-state index in [1.54, 1.807) is 19.1 Å². The molecule has 0 saturated carbocycles. The number of anilines is 2. The Morgan fingerprint density at radius 2 is 1.85 bits per heavy atom. The SMILES string of the molecule is Cc1ccc(Nc2ccc(S(=O)(=O)N3CCCC3)cc2[N+](=O)[O-])cc1F. The number of nitro benzene ring substituents is 1. The van der Waals surface area contributed by atoms with E-state index in [1.165, 1.54) is 22.5 Å². The van der Waals surface area contributed by atoms with Gasteiger partial charge < -0.3 is 5.32 Å². The Hall–Kier alpha value is -2.52. The molecule has 0 spiro atoms. The van der Waals surface area contributed by atoms with Crippen LogP contribution < -0.4 is 5.32 Å². The molecule has 1 aliphatic heterocycles. The van der Waals surface area contributed by atoms with Gasteiger partial charge in [0.2, 0.25) is 10.0 Å². The predicted molar refractivity (Wildman–Crippen MR) is 95.5 cm³/mol. The fraction of sp³-hybridized carbons (Fsp3) is 0.294. The number of hydrogen-bond acceptors (Lipinski definition) is 5. The summed E-state index contributed by atoms with van der Waals surface area (Å²) in [6.45, 7) is 2.44. The van der Waals surface area contributed by atoms with Crippen molar-refractivity contribution in [2.75, 3.05) is 18.4 Å². The van der Waals surface area contributed by atoms with Crippen molar-refractivity contribution in [1.82, 2.24) is 4.31 Å². The van der Waals surface area contributed by atoms with Gasteiger partial charge in [-0.05, 0) is 49.6 Å². The van der Waals surface area contributed by atoms with Crippen LogP contribution in [0.2, 0.25) is 0 Å². The molecule has 0 bridgehead atoms. The van der Waals surface area contributed by atoms with E-state index in [2.05, 4.69) is 5.32 Å². The summed E-state index contributed by atoms with van der Waals surface area (Å²) in [6, 6.07) is 8.08. The summed E-state index contributed by atoms with van der Waals surface area (Å²) >= 11 is 0. The van der Waals surface area contributed by atoms with Crippen LogP contribution in [0.1, 0.15) is 18.4 Å². The average Bonchev–Trinajstić information content (AvgIpc) is 3.13. The smallest absolute Gasteiger partial charge is 0.294 e. The standard InChI is InChI=1S/C17H18FN3O4S/c1-12-4-5-13(10-15(12)18)19-16-7-6-14(11-17(16)21(22)23)26(24,25)20-8-2-3-9-20/h4-7,10-11,19H,2-3,8-9H2,1H3. The van der Waals surface area contributed by atoms with Crippen LogP contribution in [0.3, 0.4) is 0 Å². The molecule has 0 aromatic heterocycles. The number of halogens is 1. The van der Waals surface area contributed by atoms with Gasteiger partial charge in [-0.25, -0.2) is 12.8 Å². The Kier molecular flexibility index (Phi) is 4.92. The van der Waals surface area contributed by atoms with E-state index in [4.69, 9.17) is 0 Å². The quantitative estimate of drug-likeness (QED) is 0.633. The van der Waals surface area contributed by atoms with E-state index in [0.29, 0.717) is 24.3 Å². The normalized spacial score (nSPS) is 15.2. The molecule has 138 valence electrons. The molecule has 1 N–H and O–H groups in total. The molecule has 1 fully saturated rings. The number of nitro groups is 1. The lowest BCUT2D eigenvalue weighted by Crippen LogP contribution is -2.27. The summed E-state index contributed by atoms with van der Waals surface area (Å²) in [5, 5.41) is 14.2. The molecule has 26 heavy (non-hydrogen) atoms. The third-order valence-electron chi connectivity index (χ3n) is 4.32. The minimum absolute atomic E-state index is 0.0959. The van der Waals surface area contributed by atoms with Crippen molar-refractivity contribution in [3.05, 3.63) is 57.9 Å². The van der Waals surface area contributed by atoms with Crippen LogP contribution in [0.25, 0.3) is 0 Å². The Morgan fingerprint density at radius 1 is 1.15 bits per heavy atom. The Bertz CT molecular complexity index is 956. The van der Waals surface area contributed by atoms with Crippen molar-refractivity contribution in [1.29, 1.82) is 0 Å². The molecule has 0 amide bonds. The van der Waals surface area contributed by atoms with Crippen LogP contribution >= 0.6 is 0 Å². The lowest BCUT2D eigenvalue weighted by Gasteiger charge is -2.16. The fourth-order valence-corrected chi connectivity index (χ4v) is 4.37. The number of aryl methyl sites for hydroxylation is 1.